The second kappa shape index (κ2) is 4.21. The first-order valence-electron chi connectivity index (χ1n) is 6.69. The molecule has 3 atom stereocenters. The molecule has 1 nitrogen and oxygen atoms in total. The largest absolute Gasteiger partial charge is 0.311 e. The number of nitrogens with one attached hydrogen (secondary N) is 1. The smallest absolute Gasteiger partial charge is 0.0110 e. The second-order valence-corrected chi connectivity index (χ2v) is 5.39. The van der Waals surface area contributed by atoms with Gasteiger partial charge < -0.3 is 5.32 Å². The van der Waals surface area contributed by atoms with Crippen molar-refractivity contribution in [3.8, 4) is 0 Å². The van der Waals surface area contributed by atoms with E-state index in [0.717, 1.165) is 18.0 Å². The molecule has 1 heteroatoms. The van der Waals surface area contributed by atoms with Crippen molar-refractivity contribution in [3.63, 3.8) is 0 Å². The number of benzene rings is 1. The number of piperidine rings is 1. The maximum atomic E-state index is 3.85. The molecule has 1 fully saturated rings. The van der Waals surface area contributed by atoms with Gasteiger partial charge in [-0.15, -0.1) is 0 Å². The zero-order valence-corrected chi connectivity index (χ0v) is 10.1. The first-order chi connectivity index (χ1) is 7.86. The third kappa shape index (κ3) is 1.78. The third-order valence-electron chi connectivity index (χ3n) is 4.41. The summed E-state index contributed by atoms with van der Waals surface area (Å²) >= 11 is 0. The van der Waals surface area contributed by atoms with Crippen LogP contribution in [0.1, 0.15) is 37.3 Å². The molecule has 86 valence electrons. The molecule has 0 aromatic heterocycles. The molecule has 2 bridgehead atoms. The summed E-state index contributed by atoms with van der Waals surface area (Å²) in [4.78, 5) is 0. The van der Waals surface area contributed by atoms with Gasteiger partial charge in [0.05, 0.1) is 0 Å². The zero-order chi connectivity index (χ0) is 11.0. The average Bonchev–Trinajstić information content (AvgIpc) is 2.28. The highest BCUT2D eigenvalue weighted by Gasteiger charge is 2.31. The Morgan fingerprint density at radius 2 is 1.88 bits per heavy atom. The van der Waals surface area contributed by atoms with E-state index in [1.807, 2.05) is 0 Å². The van der Waals surface area contributed by atoms with Crippen molar-refractivity contribution in [2.24, 2.45) is 5.92 Å². The van der Waals surface area contributed by atoms with Gasteiger partial charge in [0, 0.05) is 12.1 Å². The van der Waals surface area contributed by atoms with Gasteiger partial charge in [0.2, 0.25) is 0 Å². The van der Waals surface area contributed by atoms with Crippen LogP contribution in [-0.2, 0) is 12.8 Å². The Bertz CT molecular complexity index is 371. The number of fused-ring (bicyclic) bond motifs is 2. The van der Waals surface area contributed by atoms with E-state index in [0.29, 0.717) is 0 Å². The summed E-state index contributed by atoms with van der Waals surface area (Å²) in [6, 6.07) is 10.5. The molecule has 3 unspecified atom stereocenters. The van der Waals surface area contributed by atoms with Gasteiger partial charge in [0.15, 0.2) is 0 Å². The molecular weight excluding hydrogens is 194 g/mol. The molecule has 4 rings (SSSR count). The fourth-order valence-electron chi connectivity index (χ4n) is 3.50. The van der Waals surface area contributed by atoms with Crippen molar-refractivity contribution in [3.05, 3.63) is 35.4 Å². The van der Waals surface area contributed by atoms with Gasteiger partial charge in [-0.2, -0.15) is 0 Å². The molecule has 2 aliphatic heterocycles. The van der Waals surface area contributed by atoms with Crippen molar-refractivity contribution in [2.45, 2.75) is 51.1 Å². The Balaban J connectivity index is 1.94. The van der Waals surface area contributed by atoms with E-state index in [-0.39, 0.29) is 0 Å². The lowest BCUT2D eigenvalue weighted by Gasteiger charge is -2.40. The molecular formula is C15H21N. The summed E-state index contributed by atoms with van der Waals surface area (Å²) in [5, 5.41) is 3.85. The summed E-state index contributed by atoms with van der Waals surface area (Å²) in [5.74, 6) is 0.864. The first-order valence-corrected chi connectivity index (χ1v) is 6.69. The SMILES string of the molecule is CCC1NC2CCC1Cc1ccccc1C2. The maximum Gasteiger partial charge on any atom is 0.0110 e. The number of hydrogen-bond donors (Lipinski definition) is 1. The maximum absolute atomic E-state index is 3.85. The lowest BCUT2D eigenvalue weighted by molar-refractivity contribution is 0.214. The highest BCUT2D eigenvalue weighted by atomic mass is 15.0. The van der Waals surface area contributed by atoms with E-state index in [2.05, 4.69) is 36.5 Å². The van der Waals surface area contributed by atoms with E-state index < -0.39 is 0 Å². The molecule has 3 aliphatic rings. The van der Waals surface area contributed by atoms with Crippen molar-refractivity contribution >= 4 is 0 Å². The van der Waals surface area contributed by atoms with Gasteiger partial charge in [-0.05, 0) is 49.1 Å². The summed E-state index contributed by atoms with van der Waals surface area (Å²) in [6.45, 7) is 2.32. The quantitative estimate of drug-likeness (QED) is 0.759. The minimum Gasteiger partial charge on any atom is -0.311 e. The van der Waals surface area contributed by atoms with Gasteiger partial charge in [0.1, 0.15) is 0 Å². The van der Waals surface area contributed by atoms with Crippen molar-refractivity contribution in [1.29, 1.82) is 0 Å². The molecule has 1 aliphatic carbocycles. The normalized spacial score (nSPS) is 32.9. The summed E-state index contributed by atoms with van der Waals surface area (Å²) in [6.07, 6.45) is 6.59. The average molecular weight is 215 g/mol. The van der Waals surface area contributed by atoms with E-state index in [1.165, 1.54) is 32.1 Å². The van der Waals surface area contributed by atoms with Crippen LogP contribution in [0.2, 0.25) is 0 Å². The van der Waals surface area contributed by atoms with Crippen LogP contribution in [0.3, 0.4) is 0 Å². The van der Waals surface area contributed by atoms with Crippen LogP contribution in [-0.4, -0.2) is 12.1 Å². The molecule has 1 N–H and O–H groups in total. The van der Waals surface area contributed by atoms with E-state index in [1.54, 1.807) is 11.1 Å². The Morgan fingerprint density at radius 3 is 2.62 bits per heavy atom. The highest BCUT2D eigenvalue weighted by Crippen LogP contribution is 2.31. The van der Waals surface area contributed by atoms with Gasteiger partial charge in [-0.25, -0.2) is 0 Å². The Morgan fingerprint density at radius 1 is 1.12 bits per heavy atom. The molecule has 1 aromatic carbocycles. The van der Waals surface area contributed by atoms with E-state index >= 15 is 0 Å². The Kier molecular flexibility index (Phi) is 2.72. The van der Waals surface area contributed by atoms with Gasteiger partial charge >= 0.3 is 0 Å². The van der Waals surface area contributed by atoms with Crippen LogP contribution in [0.4, 0.5) is 0 Å². The fraction of sp³-hybridized carbons (Fsp3) is 0.600. The lowest BCUT2D eigenvalue weighted by atomic mass is 9.76. The molecule has 1 aromatic rings. The predicted octanol–water partition coefficient (Wildman–Crippen LogP) is 2.93. The Hall–Kier alpha value is -0.820. The minimum atomic E-state index is 0.725. The van der Waals surface area contributed by atoms with Crippen LogP contribution in [0.25, 0.3) is 0 Å². The van der Waals surface area contributed by atoms with Crippen LogP contribution in [0.5, 0.6) is 0 Å². The number of hydrogen-bond acceptors (Lipinski definition) is 1. The molecule has 0 spiro atoms. The highest BCUT2D eigenvalue weighted by molar-refractivity contribution is 5.30. The van der Waals surface area contributed by atoms with Gasteiger partial charge in [-0.1, -0.05) is 31.2 Å². The Labute approximate surface area is 98.3 Å². The standard InChI is InChI=1S/C15H21N/c1-2-15-13-7-8-14(16-15)10-12-6-4-3-5-11(12)9-13/h3-6,13-16H,2,7-10H2,1H3. The molecule has 0 radical (unpaired) electrons. The molecule has 1 saturated heterocycles. The van der Waals surface area contributed by atoms with Crippen LogP contribution in [0, 0.1) is 5.92 Å². The third-order valence-corrected chi connectivity index (χ3v) is 4.41. The minimum absolute atomic E-state index is 0.725. The number of rotatable bonds is 1. The van der Waals surface area contributed by atoms with E-state index in [4.69, 9.17) is 0 Å². The molecule has 16 heavy (non-hydrogen) atoms. The van der Waals surface area contributed by atoms with Crippen molar-refractivity contribution in [2.75, 3.05) is 0 Å². The summed E-state index contributed by atoms with van der Waals surface area (Å²) in [7, 11) is 0. The van der Waals surface area contributed by atoms with Crippen LogP contribution in [0.15, 0.2) is 24.3 Å². The first kappa shape index (κ1) is 10.3. The molecule has 0 saturated carbocycles. The lowest BCUT2D eigenvalue weighted by Crippen LogP contribution is -2.50. The van der Waals surface area contributed by atoms with Crippen LogP contribution >= 0.6 is 0 Å². The van der Waals surface area contributed by atoms with E-state index in [9.17, 15) is 0 Å². The van der Waals surface area contributed by atoms with Crippen molar-refractivity contribution < 1.29 is 0 Å². The topological polar surface area (TPSA) is 12.0 Å². The monoisotopic (exact) mass is 215 g/mol. The van der Waals surface area contributed by atoms with Crippen LogP contribution < -0.4 is 5.32 Å². The van der Waals surface area contributed by atoms with Gasteiger partial charge in [-0.3, -0.25) is 0 Å². The predicted molar refractivity (Wildman–Crippen MR) is 67.6 cm³/mol. The molecule has 2 heterocycles. The summed E-state index contributed by atoms with van der Waals surface area (Å²) in [5.41, 5.74) is 3.19. The van der Waals surface area contributed by atoms with Crippen molar-refractivity contribution in [1.82, 2.24) is 5.32 Å². The van der Waals surface area contributed by atoms with Gasteiger partial charge in [0.25, 0.3) is 0 Å². The zero-order valence-electron chi connectivity index (χ0n) is 10.1. The summed E-state index contributed by atoms with van der Waals surface area (Å²) < 4.78 is 0. The molecule has 0 amide bonds. The fourth-order valence-corrected chi connectivity index (χ4v) is 3.50. The second-order valence-electron chi connectivity index (χ2n) is 5.39.